The van der Waals surface area contributed by atoms with Crippen LogP contribution in [0.15, 0.2) is 36.7 Å². The Hall–Kier alpha value is -3.17. The maximum absolute atomic E-state index is 12.5. The molecule has 0 radical (unpaired) electrons. The van der Waals surface area contributed by atoms with Gasteiger partial charge in [-0.3, -0.25) is 9.59 Å². The number of carbonyl (C=O) groups is 2. The van der Waals surface area contributed by atoms with Gasteiger partial charge in [-0.2, -0.15) is 13.2 Å². The molecule has 0 fully saturated rings. The first-order chi connectivity index (χ1) is 13.6. The fourth-order valence-electron chi connectivity index (χ4n) is 2.03. The Balaban J connectivity index is 1.93. The van der Waals surface area contributed by atoms with Gasteiger partial charge in [0.2, 0.25) is 11.8 Å². The molecule has 2 heterocycles. The number of aromatic nitrogens is 2. The van der Waals surface area contributed by atoms with Crippen molar-refractivity contribution in [3.63, 3.8) is 0 Å². The zero-order valence-corrected chi connectivity index (χ0v) is 16.1. The maximum Gasteiger partial charge on any atom is 0.425 e. The summed E-state index contributed by atoms with van der Waals surface area (Å²) in [5.41, 5.74) is 0.874. The molecule has 0 aliphatic heterocycles. The molecule has 0 saturated carbocycles. The van der Waals surface area contributed by atoms with Crippen LogP contribution in [0.5, 0.6) is 5.88 Å². The van der Waals surface area contributed by atoms with Gasteiger partial charge >= 0.3 is 6.18 Å². The van der Waals surface area contributed by atoms with Crippen LogP contribution in [0.4, 0.5) is 19.0 Å². The van der Waals surface area contributed by atoms with Crippen LogP contribution in [-0.4, -0.2) is 34.1 Å². The van der Waals surface area contributed by atoms with Crippen molar-refractivity contribution in [1.82, 2.24) is 15.3 Å². The van der Waals surface area contributed by atoms with Crippen molar-refractivity contribution in [3.8, 4) is 5.88 Å². The van der Waals surface area contributed by atoms with Gasteiger partial charge in [-0.1, -0.05) is 19.9 Å². The van der Waals surface area contributed by atoms with Crippen LogP contribution in [0.25, 0.3) is 0 Å². The molecular weight excluding hydrogens is 389 g/mol. The largest absolute Gasteiger partial charge is 0.465 e. The molecule has 2 aromatic heterocycles. The molecule has 2 rings (SSSR count). The summed E-state index contributed by atoms with van der Waals surface area (Å²) < 4.78 is 42.2. The van der Waals surface area contributed by atoms with Gasteiger partial charge in [0, 0.05) is 36.5 Å². The summed E-state index contributed by atoms with van der Waals surface area (Å²) in [6.45, 7) is 4.47. The third-order valence-corrected chi connectivity index (χ3v) is 3.81. The Morgan fingerprint density at radius 1 is 1.14 bits per heavy atom. The molecule has 2 amide bonds. The van der Waals surface area contributed by atoms with E-state index in [-0.39, 0.29) is 30.1 Å². The lowest BCUT2D eigenvalue weighted by molar-refractivity contribution is -0.189. The van der Waals surface area contributed by atoms with Gasteiger partial charge in [0.05, 0.1) is 0 Å². The number of hydrogen-bond donors (Lipinski definition) is 2. The highest BCUT2D eigenvalue weighted by Gasteiger charge is 2.38. The van der Waals surface area contributed by atoms with Crippen LogP contribution in [0.1, 0.15) is 36.7 Å². The second-order valence-electron chi connectivity index (χ2n) is 6.56. The topological polar surface area (TPSA) is 93.2 Å². The first-order valence-electron chi connectivity index (χ1n) is 8.79. The lowest BCUT2D eigenvalue weighted by Gasteiger charge is -2.16. The van der Waals surface area contributed by atoms with Crippen molar-refractivity contribution in [2.45, 2.75) is 39.6 Å². The monoisotopic (exact) mass is 410 g/mol. The number of amides is 2. The van der Waals surface area contributed by atoms with E-state index >= 15 is 0 Å². The predicted octanol–water partition coefficient (Wildman–Crippen LogP) is 3.33. The highest BCUT2D eigenvalue weighted by atomic mass is 19.4. The number of carbonyl (C=O) groups excluding carboxylic acids is 2. The molecule has 2 aromatic rings. The van der Waals surface area contributed by atoms with Gasteiger partial charge in [-0.15, -0.1) is 0 Å². The van der Waals surface area contributed by atoms with Crippen molar-refractivity contribution >= 4 is 17.6 Å². The van der Waals surface area contributed by atoms with E-state index in [1.54, 1.807) is 13.8 Å². The lowest BCUT2D eigenvalue weighted by atomic mass is 10.2. The number of anilines is 1. The molecule has 0 aromatic carbocycles. The van der Waals surface area contributed by atoms with Crippen molar-refractivity contribution in [2.75, 3.05) is 5.32 Å². The van der Waals surface area contributed by atoms with Crippen molar-refractivity contribution in [1.29, 1.82) is 0 Å². The molecule has 1 atom stereocenters. The minimum absolute atomic E-state index is 0.108. The third-order valence-electron chi connectivity index (χ3n) is 3.81. The molecule has 7 nitrogen and oxygen atoms in total. The number of halogens is 3. The van der Waals surface area contributed by atoms with Crippen molar-refractivity contribution in [3.05, 3.63) is 47.8 Å². The van der Waals surface area contributed by atoms with Gasteiger partial charge in [-0.05, 0) is 24.6 Å². The van der Waals surface area contributed by atoms with E-state index < -0.39 is 18.2 Å². The first-order valence-corrected chi connectivity index (χ1v) is 8.79. The number of alkyl halides is 3. The molecular formula is C19H21F3N4O3. The number of rotatable bonds is 7. The molecule has 0 saturated heterocycles. The Labute approximate surface area is 165 Å². The summed E-state index contributed by atoms with van der Waals surface area (Å²) in [5.74, 6) is -0.752. The number of ether oxygens (including phenoxy) is 1. The minimum atomic E-state index is -4.48. The van der Waals surface area contributed by atoms with Crippen LogP contribution in [0.2, 0.25) is 0 Å². The molecule has 10 heteroatoms. The Bertz CT molecular complexity index is 855. The van der Waals surface area contributed by atoms with Gasteiger partial charge in [0.15, 0.2) is 6.10 Å². The normalized spacial score (nSPS) is 12.4. The highest BCUT2D eigenvalue weighted by Crippen LogP contribution is 2.23. The molecule has 0 aliphatic carbocycles. The van der Waals surface area contributed by atoms with E-state index in [1.807, 2.05) is 0 Å². The fraction of sp³-hybridized carbons (Fsp3) is 0.368. The molecule has 0 aliphatic rings. The van der Waals surface area contributed by atoms with E-state index in [4.69, 9.17) is 4.74 Å². The molecule has 156 valence electrons. The lowest BCUT2D eigenvalue weighted by Crippen LogP contribution is -2.31. The Morgan fingerprint density at radius 3 is 2.45 bits per heavy atom. The summed E-state index contributed by atoms with van der Waals surface area (Å²) in [7, 11) is 0. The SMILES string of the molecule is CC(C)C(=O)Nc1cc(C(=O)NCc2ccc(OC(C)C(F)(F)F)nc2)ccn1. The number of nitrogens with one attached hydrogen (secondary N) is 2. The van der Waals surface area contributed by atoms with Crippen LogP contribution >= 0.6 is 0 Å². The van der Waals surface area contributed by atoms with E-state index in [1.165, 1.54) is 36.7 Å². The Kier molecular flexibility index (Phi) is 7.13. The van der Waals surface area contributed by atoms with Gasteiger partial charge in [0.1, 0.15) is 5.82 Å². The Morgan fingerprint density at radius 2 is 1.86 bits per heavy atom. The van der Waals surface area contributed by atoms with E-state index in [9.17, 15) is 22.8 Å². The fourth-order valence-corrected chi connectivity index (χ4v) is 2.03. The third kappa shape index (κ3) is 6.74. The molecule has 29 heavy (non-hydrogen) atoms. The summed E-state index contributed by atoms with van der Waals surface area (Å²) in [6, 6.07) is 5.75. The quantitative estimate of drug-likeness (QED) is 0.730. The van der Waals surface area contributed by atoms with Gasteiger partial charge in [0.25, 0.3) is 5.91 Å². The highest BCUT2D eigenvalue weighted by molar-refractivity contribution is 5.96. The number of nitrogens with zero attached hydrogens (tertiary/aromatic N) is 2. The van der Waals surface area contributed by atoms with Crippen molar-refractivity contribution < 1.29 is 27.5 Å². The van der Waals surface area contributed by atoms with Gasteiger partial charge in [-0.25, -0.2) is 9.97 Å². The average molecular weight is 410 g/mol. The molecule has 0 spiro atoms. The summed E-state index contributed by atoms with van der Waals surface area (Å²) in [6.07, 6.45) is -3.73. The van der Waals surface area contributed by atoms with Crippen molar-refractivity contribution in [2.24, 2.45) is 5.92 Å². The molecule has 2 N–H and O–H groups in total. The van der Waals surface area contributed by atoms with Crippen LogP contribution in [-0.2, 0) is 11.3 Å². The summed E-state index contributed by atoms with van der Waals surface area (Å²) in [5, 5.41) is 5.27. The van der Waals surface area contributed by atoms with E-state index in [2.05, 4.69) is 20.6 Å². The second kappa shape index (κ2) is 9.35. The zero-order chi connectivity index (χ0) is 21.6. The number of pyridine rings is 2. The summed E-state index contributed by atoms with van der Waals surface area (Å²) in [4.78, 5) is 31.8. The maximum atomic E-state index is 12.5. The van der Waals surface area contributed by atoms with Crippen LogP contribution in [0.3, 0.4) is 0 Å². The van der Waals surface area contributed by atoms with E-state index in [0.29, 0.717) is 11.1 Å². The van der Waals surface area contributed by atoms with Crippen LogP contribution < -0.4 is 15.4 Å². The second-order valence-corrected chi connectivity index (χ2v) is 6.56. The van der Waals surface area contributed by atoms with Gasteiger partial charge < -0.3 is 15.4 Å². The molecule has 0 bridgehead atoms. The first kappa shape index (κ1) is 22.1. The predicted molar refractivity (Wildman–Crippen MR) is 99.3 cm³/mol. The van der Waals surface area contributed by atoms with E-state index in [0.717, 1.165) is 6.92 Å². The smallest absolute Gasteiger partial charge is 0.425 e. The average Bonchev–Trinajstić information content (AvgIpc) is 2.66. The van der Waals surface area contributed by atoms with Crippen LogP contribution in [0, 0.1) is 5.92 Å². The minimum Gasteiger partial charge on any atom is -0.465 e. The standard InChI is InChI=1S/C19H21F3N4O3/c1-11(2)17(27)26-15-8-14(6-7-23-15)18(28)25-10-13-4-5-16(24-9-13)29-12(3)19(20,21)22/h4-9,11-12H,10H2,1-3H3,(H,25,28)(H,23,26,27). The number of hydrogen-bond acceptors (Lipinski definition) is 5. The summed E-state index contributed by atoms with van der Waals surface area (Å²) >= 11 is 0. The zero-order valence-electron chi connectivity index (χ0n) is 16.1. The molecule has 1 unspecified atom stereocenters.